The Balaban J connectivity index is 1.48. The second-order valence-corrected chi connectivity index (χ2v) is 13.5. The van der Waals surface area contributed by atoms with Crippen LogP contribution in [-0.2, 0) is 16.1 Å². The van der Waals surface area contributed by atoms with Gasteiger partial charge in [0.05, 0.1) is 47.1 Å². The van der Waals surface area contributed by atoms with Crippen molar-refractivity contribution in [2.24, 2.45) is 4.99 Å². The normalized spacial score (nSPS) is 14.2. The SMILES string of the molecule is CCOC(=O)C1=C(c2ccccc2)N=c2s/c(=C\c3cc(Br)c(OCc4ccc(Cl)cc4Cl)c(OC)c3)c(=O)n2[C@@H]1c1ccc(OC)cc1. The maximum atomic E-state index is 14.3. The largest absolute Gasteiger partial charge is 0.497 e. The van der Waals surface area contributed by atoms with E-state index in [0.29, 0.717) is 57.9 Å². The molecule has 0 radical (unpaired) electrons. The summed E-state index contributed by atoms with van der Waals surface area (Å²) in [7, 11) is 3.12. The quantitative estimate of drug-likeness (QED) is 0.136. The molecular formula is C37H29BrCl2N2O6S. The van der Waals surface area contributed by atoms with Gasteiger partial charge in [-0.2, -0.15) is 0 Å². The first-order chi connectivity index (χ1) is 23.7. The maximum absolute atomic E-state index is 14.3. The third kappa shape index (κ3) is 7.19. The van der Waals surface area contributed by atoms with Crippen LogP contribution in [0, 0.1) is 0 Å². The smallest absolute Gasteiger partial charge is 0.338 e. The molecule has 4 aromatic carbocycles. The summed E-state index contributed by atoms with van der Waals surface area (Å²) in [6.07, 6.45) is 1.76. The molecule has 1 atom stereocenters. The number of ether oxygens (including phenoxy) is 4. The number of fused-ring (bicyclic) bond motifs is 1. The second kappa shape index (κ2) is 15.0. The van der Waals surface area contributed by atoms with Crippen molar-refractivity contribution in [1.82, 2.24) is 4.57 Å². The molecule has 0 aliphatic carbocycles. The van der Waals surface area contributed by atoms with E-state index in [1.807, 2.05) is 48.5 Å². The summed E-state index contributed by atoms with van der Waals surface area (Å²) in [6.45, 7) is 2.09. The number of hydrogen-bond donors (Lipinski definition) is 0. The molecular weight excluding hydrogens is 751 g/mol. The van der Waals surface area contributed by atoms with Crippen LogP contribution in [0.5, 0.6) is 17.2 Å². The summed E-state index contributed by atoms with van der Waals surface area (Å²) in [6, 6.07) is 24.7. The lowest BCUT2D eigenvalue weighted by Crippen LogP contribution is -2.40. The fourth-order valence-electron chi connectivity index (χ4n) is 5.45. The topological polar surface area (TPSA) is 88.4 Å². The standard InChI is InChI=1S/C37H29BrCl2N2O6S/c1-4-47-36(44)31-32(22-8-6-5-7-9-22)41-37-42(33(31)23-11-14-26(45-2)15-12-23)35(43)30(49-37)18-21-16-27(38)34(29(17-21)46-3)48-20-24-10-13-25(39)19-28(24)40/h5-19,33H,4,20H2,1-3H3/b30-18-/t33-/m1/s1. The molecule has 0 bridgehead atoms. The molecule has 0 saturated heterocycles. The molecule has 1 aliphatic heterocycles. The highest BCUT2D eigenvalue weighted by Gasteiger charge is 2.35. The number of esters is 1. The molecule has 12 heteroatoms. The van der Waals surface area contributed by atoms with Gasteiger partial charge in [-0.3, -0.25) is 9.36 Å². The van der Waals surface area contributed by atoms with Gasteiger partial charge >= 0.3 is 5.97 Å². The Bertz CT molecular complexity index is 2250. The molecule has 6 rings (SSSR count). The van der Waals surface area contributed by atoms with Crippen LogP contribution in [0.4, 0.5) is 0 Å². The van der Waals surface area contributed by atoms with Crippen LogP contribution in [0.3, 0.4) is 0 Å². The molecule has 250 valence electrons. The van der Waals surface area contributed by atoms with E-state index in [1.165, 1.54) is 11.3 Å². The Morgan fingerprint density at radius 2 is 1.76 bits per heavy atom. The molecule has 2 heterocycles. The zero-order valence-electron chi connectivity index (χ0n) is 26.5. The number of methoxy groups -OCH3 is 2. The lowest BCUT2D eigenvalue weighted by atomic mass is 9.93. The van der Waals surface area contributed by atoms with Gasteiger partial charge in [0.2, 0.25) is 0 Å². The highest BCUT2D eigenvalue weighted by molar-refractivity contribution is 9.10. The van der Waals surface area contributed by atoms with Crippen LogP contribution >= 0.6 is 50.5 Å². The number of carbonyl (C=O) groups excluding carboxylic acids is 1. The van der Waals surface area contributed by atoms with E-state index >= 15 is 0 Å². The Labute approximate surface area is 304 Å². The van der Waals surface area contributed by atoms with E-state index in [-0.39, 0.29) is 24.3 Å². The van der Waals surface area contributed by atoms with Crippen molar-refractivity contribution in [2.45, 2.75) is 19.6 Å². The van der Waals surface area contributed by atoms with Gasteiger partial charge in [-0.05, 0) is 76.5 Å². The number of benzene rings is 4. The first kappa shape index (κ1) is 34.5. The number of nitrogens with zero attached hydrogens (tertiary/aromatic N) is 2. The Morgan fingerprint density at radius 3 is 2.43 bits per heavy atom. The van der Waals surface area contributed by atoms with E-state index in [2.05, 4.69) is 15.9 Å². The van der Waals surface area contributed by atoms with E-state index in [1.54, 1.807) is 68.2 Å². The predicted molar refractivity (Wildman–Crippen MR) is 196 cm³/mol. The number of thiazole rings is 1. The molecule has 0 spiro atoms. The van der Waals surface area contributed by atoms with Crippen molar-refractivity contribution >= 4 is 68.2 Å². The minimum absolute atomic E-state index is 0.160. The fourth-order valence-corrected chi connectivity index (χ4v) is 7.48. The molecule has 0 amide bonds. The van der Waals surface area contributed by atoms with Crippen molar-refractivity contribution in [2.75, 3.05) is 20.8 Å². The average Bonchev–Trinajstić information content (AvgIpc) is 3.41. The zero-order chi connectivity index (χ0) is 34.7. The highest BCUT2D eigenvalue weighted by atomic mass is 79.9. The van der Waals surface area contributed by atoms with E-state index in [4.69, 9.17) is 47.1 Å². The van der Waals surface area contributed by atoms with Gasteiger partial charge in [-0.15, -0.1) is 0 Å². The zero-order valence-corrected chi connectivity index (χ0v) is 30.5. The minimum Gasteiger partial charge on any atom is -0.497 e. The molecule has 0 N–H and O–H groups in total. The van der Waals surface area contributed by atoms with Gasteiger partial charge in [-0.1, -0.05) is 83.1 Å². The van der Waals surface area contributed by atoms with Gasteiger partial charge in [0, 0.05) is 21.2 Å². The van der Waals surface area contributed by atoms with Crippen molar-refractivity contribution in [3.05, 3.63) is 147 Å². The van der Waals surface area contributed by atoms with Gasteiger partial charge < -0.3 is 18.9 Å². The lowest BCUT2D eigenvalue weighted by molar-refractivity contribution is -0.138. The van der Waals surface area contributed by atoms with E-state index in [0.717, 1.165) is 11.1 Å². The minimum atomic E-state index is -0.810. The van der Waals surface area contributed by atoms with Crippen LogP contribution in [0.25, 0.3) is 11.8 Å². The number of carbonyl (C=O) groups is 1. The predicted octanol–water partition coefficient (Wildman–Crippen LogP) is 7.60. The van der Waals surface area contributed by atoms with Gasteiger partial charge in [0.25, 0.3) is 5.56 Å². The van der Waals surface area contributed by atoms with Crippen molar-refractivity contribution in [3.63, 3.8) is 0 Å². The lowest BCUT2D eigenvalue weighted by Gasteiger charge is -2.26. The first-order valence-corrected chi connectivity index (χ1v) is 17.5. The Hall–Kier alpha value is -4.35. The van der Waals surface area contributed by atoms with Crippen LogP contribution in [0.2, 0.25) is 10.0 Å². The summed E-state index contributed by atoms with van der Waals surface area (Å²) >= 11 is 17.2. The molecule has 5 aromatic rings. The van der Waals surface area contributed by atoms with Gasteiger partial charge in [0.1, 0.15) is 12.4 Å². The molecule has 1 aromatic heterocycles. The first-order valence-electron chi connectivity index (χ1n) is 15.1. The molecule has 49 heavy (non-hydrogen) atoms. The van der Waals surface area contributed by atoms with E-state index < -0.39 is 12.0 Å². The third-order valence-corrected chi connectivity index (χ3v) is 9.90. The number of aromatic nitrogens is 1. The Morgan fingerprint density at radius 1 is 1.00 bits per heavy atom. The number of halogens is 3. The van der Waals surface area contributed by atoms with Gasteiger partial charge in [0.15, 0.2) is 16.3 Å². The van der Waals surface area contributed by atoms with Crippen molar-refractivity contribution in [1.29, 1.82) is 0 Å². The Kier molecular flexibility index (Phi) is 10.6. The summed E-state index contributed by atoms with van der Waals surface area (Å²) < 4.78 is 25.3. The number of hydrogen-bond acceptors (Lipinski definition) is 8. The fraction of sp³-hybridized carbons (Fsp3) is 0.162. The molecule has 0 unspecified atom stereocenters. The average molecular weight is 781 g/mol. The number of rotatable bonds is 10. The summed E-state index contributed by atoms with van der Waals surface area (Å²) in [5.74, 6) is 1.01. The molecule has 0 saturated carbocycles. The summed E-state index contributed by atoms with van der Waals surface area (Å²) in [5, 5.41) is 1.02. The van der Waals surface area contributed by atoms with Crippen LogP contribution in [0.15, 0.2) is 105 Å². The highest BCUT2D eigenvalue weighted by Crippen LogP contribution is 2.39. The molecule has 0 fully saturated rings. The monoisotopic (exact) mass is 778 g/mol. The molecule has 1 aliphatic rings. The molecule has 8 nitrogen and oxygen atoms in total. The van der Waals surface area contributed by atoms with Crippen molar-refractivity contribution in [3.8, 4) is 17.2 Å². The van der Waals surface area contributed by atoms with E-state index in [9.17, 15) is 9.59 Å². The third-order valence-electron chi connectivity index (χ3n) is 7.74. The van der Waals surface area contributed by atoms with Crippen LogP contribution < -0.4 is 29.1 Å². The maximum Gasteiger partial charge on any atom is 0.338 e. The summed E-state index contributed by atoms with van der Waals surface area (Å²) in [4.78, 5) is 33.4. The summed E-state index contributed by atoms with van der Waals surface area (Å²) in [5.41, 5.74) is 3.26. The van der Waals surface area contributed by atoms with Crippen LogP contribution in [0.1, 0.15) is 35.2 Å². The second-order valence-electron chi connectivity index (χ2n) is 10.8. The van der Waals surface area contributed by atoms with Gasteiger partial charge in [-0.25, -0.2) is 9.79 Å². The van der Waals surface area contributed by atoms with Crippen LogP contribution in [-0.4, -0.2) is 31.4 Å². The van der Waals surface area contributed by atoms with Crippen molar-refractivity contribution < 1.29 is 23.7 Å².